The number of hydrogen-bond donors (Lipinski definition) is 2. The zero-order valence-electron chi connectivity index (χ0n) is 31.5. The predicted octanol–water partition coefficient (Wildman–Crippen LogP) is 10.5. The maximum absolute atomic E-state index is 12.5. The maximum Gasteiger partial charge on any atom is 0.472 e. The number of hydrogen-bond acceptors (Lipinski definition) is 8. The average molecular weight is 734 g/mol. The van der Waals surface area contributed by atoms with Crippen LogP contribution in [0.25, 0.3) is 0 Å². The third kappa shape index (κ3) is 36.8. The van der Waals surface area contributed by atoms with Gasteiger partial charge in [0, 0.05) is 19.4 Å². The fraction of sp³-hybridized carbons (Fsp3) is 0.610. The van der Waals surface area contributed by atoms with Crippen molar-refractivity contribution in [3.05, 3.63) is 85.1 Å². The fourth-order valence-corrected chi connectivity index (χ4v) is 5.31. The molecule has 0 aromatic rings. The van der Waals surface area contributed by atoms with Crippen LogP contribution in [0.2, 0.25) is 0 Å². The van der Waals surface area contributed by atoms with E-state index in [1.165, 1.54) is 38.5 Å². The third-order valence-corrected chi connectivity index (χ3v) is 8.34. The Kier molecular flexibility index (Phi) is 34.9. The predicted molar refractivity (Wildman–Crippen MR) is 210 cm³/mol. The Balaban J connectivity index is 4.39. The van der Waals surface area contributed by atoms with E-state index in [-0.39, 0.29) is 32.6 Å². The minimum absolute atomic E-state index is 0.0353. The molecule has 2 atom stereocenters. The minimum atomic E-state index is -4.40. The molecule has 0 saturated carbocycles. The number of allylic oxidation sites excluding steroid dienone is 14. The lowest BCUT2D eigenvalue weighted by Crippen LogP contribution is -2.29. The molecule has 0 bridgehead atoms. The van der Waals surface area contributed by atoms with E-state index in [0.717, 1.165) is 51.4 Å². The SMILES string of the molecule is CC/C=C/C=C/C=C/C=C/CCCCCC(=O)OC(COC(=O)CCC/C=C/C/C=C/C/C=C/CCCCCCCC)COP(=O)(O)OCCN. The molecule has 0 rings (SSSR count). The molecule has 3 N–H and O–H groups in total. The molecule has 0 amide bonds. The van der Waals surface area contributed by atoms with Gasteiger partial charge in [-0.05, 0) is 64.2 Å². The number of carbonyl (C=O) groups excluding carboxylic acids is 2. The lowest BCUT2D eigenvalue weighted by atomic mass is 10.1. The van der Waals surface area contributed by atoms with Gasteiger partial charge >= 0.3 is 19.8 Å². The molecule has 0 saturated heterocycles. The molecule has 51 heavy (non-hydrogen) atoms. The molecule has 0 fully saturated rings. The highest BCUT2D eigenvalue weighted by Crippen LogP contribution is 2.43. The van der Waals surface area contributed by atoms with Crippen LogP contribution in [0.3, 0.4) is 0 Å². The first-order valence-corrected chi connectivity index (χ1v) is 20.6. The summed E-state index contributed by atoms with van der Waals surface area (Å²) in [5, 5.41) is 0. The van der Waals surface area contributed by atoms with Crippen molar-refractivity contribution < 1.29 is 37.6 Å². The quantitative estimate of drug-likeness (QED) is 0.0218. The summed E-state index contributed by atoms with van der Waals surface area (Å²) in [7, 11) is -4.40. The zero-order chi connectivity index (χ0) is 37.5. The molecule has 0 spiro atoms. The first-order valence-electron chi connectivity index (χ1n) is 19.1. The van der Waals surface area contributed by atoms with Crippen LogP contribution in [0.4, 0.5) is 0 Å². The number of phosphoric ester groups is 1. The second-order valence-corrected chi connectivity index (χ2v) is 13.6. The van der Waals surface area contributed by atoms with Gasteiger partial charge in [-0.2, -0.15) is 0 Å². The number of ether oxygens (including phenoxy) is 2. The fourth-order valence-electron chi connectivity index (χ4n) is 4.54. The topological polar surface area (TPSA) is 134 Å². The Hall–Kier alpha value is -2.81. The van der Waals surface area contributed by atoms with E-state index < -0.39 is 32.5 Å². The average Bonchev–Trinajstić information content (AvgIpc) is 3.11. The Labute approximate surface area is 309 Å². The van der Waals surface area contributed by atoms with Crippen molar-refractivity contribution in [2.45, 2.75) is 136 Å². The first kappa shape index (κ1) is 48.2. The molecule has 290 valence electrons. The summed E-state index contributed by atoms with van der Waals surface area (Å²) in [4.78, 5) is 34.7. The van der Waals surface area contributed by atoms with E-state index >= 15 is 0 Å². The van der Waals surface area contributed by atoms with Gasteiger partial charge in [-0.25, -0.2) is 4.57 Å². The smallest absolute Gasteiger partial charge is 0.462 e. The van der Waals surface area contributed by atoms with E-state index in [1.807, 2.05) is 42.5 Å². The summed E-state index contributed by atoms with van der Waals surface area (Å²) < 4.78 is 32.5. The molecular weight excluding hydrogens is 665 g/mol. The molecule has 0 aliphatic rings. The number of carbonyl (C=O) groups is 2. The number of phosphoric acid groups is 1. The van der Waals surface area contributed by atoms with Crippen molar-refractivity contribution in [3.8, 4) is 0 Å². The third-order valence-electron chi connectivity index (χ3n) is 7.36. The number of nitrogens with two attached hydrogens (primary N) is 1. The van der Waals surface area contributed by atoms with Crippen molar-refractivity contribution in [1.29, 1.82) is 0 Å². The Bertz CT molecular complexity index is 1110. The van der Waals surface area contributed by atoms with Gasteiger partial charge in [0.15, 0.2) is 6.10 Å². The van der Waals surface area contributed by atoms with Gasteiger partial charge in [0.1, 0.15) is 6.61 Å². The van der Waals surface area contributed by atoms with Crippen LogP contribution in [0.15, 0.2) is 85.1 Å². The molecule has 0 aliphatic carbocycles. The van der Waals surface area contributed by atoms with Gasteiger partial charge in [0.2, 0.25) is 0 Å². The van der Waals surface area contributed by atoms with Crippen molar-refractivity contribution in [3.63, 3.8) is 0 Å². The van der Waals surface area contributed by atoms with Gasteiger partial charge < -0.3 is 20.1 Å². The van der Waals surface area contributed by atoms with Crippen LogP contribution in [0.5, 0.6) is 0 Å². The van der Waals surface area contributed by atoms with E-state index in [4.69, 9.17) is 24.3 Å². The molecular formula is C41H68NO8P. The molecule has 9 nitrogen and oxygen atoms in total. The van der Waals surface area contributed by atoms with E-state index in [0.29, 0.717) is 12.8 Å². The summed E-state index contributed by atoms with van der Waals surface area (Å²) in [5.74, 6) is -0.947. The van der Waals surface area contributed by atoms with Crippen molar-refractivity contribution in [2.24, 2.45) is 5.73 Å². The van der Waals surface area contributed by atoms with Gasteiger partial charge in [0.05, 0.1) is 13.2 Å². The van der Waals surface area contributed by atoms with Crippen molar-refractivity contribution in [1.82, 2.24) is 0 Å². The van der Waals surface area contributed by atoms with Gasteiger partial charge in [0.25, 0.3) is 0 Å². The monoisotopic (exact) mass is 733 g/mol. The largest absolute Gasteiger partial charge is 0.472 e. The lowest BCUT2D eigenvalue weighted by Gasteiger charge is -2.19. The van der Waals surface area contributed by atoms with E-state index in [9.17, 15) is 19.0 Å². The van der Waals surface area contributed by atoms with E-state index in [1.54, 1.807) is 0 Å². The zero-order valence-corrected chi connectivity index (χ0v) is 32.4. The Morgan fingerprint density at radius 3 is 1.84 bits per heavy atom. The van der Waals surface area contributed by atoms with Gasteiger partial charge in [-0.1, -0.05) is 137 Å². The Morgan fingerprint density at radius 1 is 0.627 bits per heavy atom. The minimum Gasteiger partial charge on any atom is -0.462 e. The summed E-state index contributed by atoms with van der Waals surface area (Å²) in [6, 6.07) is 0. The highest BCUT2D eigenvalue weighted by molar-refractivity contribution is 7.47. The van der Waals surface area contributed by atoms with Gasteiger partial charge in [-0.3, -0.25) is 18.6 Å². The van der Waals surface area contributed by atoms with Crippen LogP contribution in [-0.2, 0) is 32.7 Å². The van der Waals surface area contributed by atoms with Crippen LogP contribution in [-0.4, -0.2) is 49.3 Å². The first-order chi connectivity index (χ1) is 24.8. The Morgan fingerprint density at radius 2 is 1.18 bits per heavy atom. The number of unbranched alkanes of at least 4 members (excludes halogenated alkanes) is 10. The number of rotatable bonds is 34. The highest BCUT2D eigenvalue weighted by Gasteiger charge is 2.25. The molecule has 2 unspecified atom stereocenters. The van der Waals surface area contributed by atoms with Crippen LogP contribution in [0.1, 0.15) is 129 Å². The highest BCUT2D eigenvalue weighted by atomic mass is 31.2. The van der Waals surface area contributed by atoms with E-state index in [2.05, 4.69) is 56.4 Å². The van der Waals surface area contributed by atoms with Crippen LogP contribution in [0, 0.1) is 0 Å². The summed E-state index contributed by atoms with van der Waals surface area (Å²) in [6.45, 7) is 3.44. The van der Waals surface area contributed by atoms with Crippen molar-refractivity contribution >= 4 is 19.8 Å². The van der Waals surface area contributed by atoms with Gasteiger partial charge in [-0.15, -0.1) is 0 Å². The molecule has 10 heteroatoms. The maximum atomic E-state index is 12.5. The second kappa shape index (κ2) is 37.0. The van der Waals surface area contributed by atoms with Crippen LogP contribution >= 0.6 is 7.82 Å². The van der Waals surface area contributed by atoms with Crippen LogP contribution < -0.4 is 5.73 Å². The summed E-state index contributed by atoms with van der Waals surface area (Å²) in [6.07, 6.45) is 44.9. The molecule has 0 radical (unpaired) electrons. The summed E-state index contributed by atoms with van der Waals surface area (Å²) in [5.41, 5.74) is 5.32. The van der Waals surface area contributed by atoms with Crippen molar-refractivity contribution in [2.75, 3.05) is 26.4 Å². The molecule has 0 aromatic heterocycles. The molecule has 0 heterocycles. The standard InChI is InChI=1S/C41H68NO8P/c1-3-5-7-9-11-13-15-17-18-19-20-22-23-25-27-29-31-33-40(43)47-37-39(38-49-51(45,46)48-36-35-42)50-41(44)34-32-30-28-26-24-21-16-14-12-10-8-6-4-2/h6,8,10,12,14,16-18,20-22,24-25,27,39H,3-5,7,9,11,13,15,19,23,26,28-38,42H2,1-2H3,(H,45,46)/b8-6+,12-10+,16-14+,18-17+,22-20+,24-21+,27-25+. The molecule has 0 aromatic carbocycles. The lowest BCUT2D eigenvalue weighted by molar-refractivity contribution is -0.161. The number of esters is 2. The molecule has 0 aliphatic heterocycles. The normalized spacial score (nSPS) is 14.4. The summed E-state index contributed by atoms with van der Waals surface area (Å²) >= 11 is 0. The second-order valence-electron chi connectivity index (χ2n) is 12.1.